The number of hydrogen-bond donors (Lipinski definition) is 2. The van der Waals surface area contributed by atoms with Gasteiger partial charge in [-0.25, -0.2) is 9.59 Å². The van der Waals surface area contributed by atoms with Crippen molar-refractivity contribution in [2.75, 3.05) is 33.3 Å². The Morgan fingerprint density at radius 1 is 0.763 bits per heavy atom. The van der Waals surface area contributed by atoms with Crippen LogP contribution in [0.1, 0.15) is 82.4 Å². The molecule has 4 aromatic carbocycles. The number of ether oxygens (including phenoxy) is 1. The molecule has 0 unspecified atom stereocenters. The van der Waals surface area contributed by atoms with E-state index in [0.717, 1.165) is 65.6 Å². The summed E-state index contributed by atoms with van der Waals surface area (Å²) in [5.41, 5.74) is 5.97. The summed E-state index contributed by atoms with van der Waals surface area (Å²) < 4.78 is 36.6. The van der Waals surface area contributed by atoms with Gasteiger partial charge in [0, 0.05) is 37.8 Å². The number of carboxylic acid groups (broad SMARTS) is 1. The fourth-order valence-corrected chi connectivity index (χ4v) is 7.51. The van der Waals surface area contributed by atoms with Gasteiger partial charge in [0.2, 0.25) is 5.91 Å². The number of esters is 1. The third-order valence-electron chi connectivity index (χ3n) is 10.8. The molecular weight excluding hydrogens is 760 g/mol. The van der Waals surface area contributed by atoms with Gasteiger partial charge < -0.3 is 25.0 Å². The van der Waals surface area contributed by atoms with Crippen molar-refractivity contribution in [3.05, 3.63) is 137 Å². The lowest BCUT2D eigenvalue weighted by atomic mass is 9.87. The van der Waals surface area contributed by atoms with Gasteiger partial charge in [-0.2, -0.15) is 13.2 Å². The molecule has 0 atom stereocenters. The largest absolute Gasteiger partial charge is 0.490 e. The van der Waals surface area contributed by atoms with E-state index < -0.39 is 18.1 Å². The average Bonchev–Trinajstić information content (AvgIpc) is 3.26. The Hall–Kier alpha value is -5.75. The summed E-state index contributed by atoms with van der Waals surface area (Å²) >= 11 is 0. The first-order chi connectivity index (χ1) is 28.4. The molecule has 4 aromatic rings. The fraction of sp³-hybridized carbons (Fsp3) is 0.362. The Balaban J connectivity index is 0.000000867. The normalized spacial score (nSPS) is 14.9. The molecule has 2 aliphatic heterocycles. The maximum Gasteiger partial charge on any atom is 0.490 e. The van der Waals surface area contributed by atoms with Crippen molar-refractivity contribution in [3.8, 4) is 11.1 Å². The molecule has 12 heteroatoms. The molecule has 312 valence electrons. The van der Waals surface area contributed by atoms with E-state index in [4.69, 9.17) is 14.6 Å². The highest BCUT2D eigenvalue weighted by Crippen LogP contribution is 2.28. The van der Waals surface area contributed by atoms with E-state index in [1.807, 2.05) is 89.8 Å². The molecule has 0 saturated carbocycles. The molecule has 9 nitrogen and oxygen atoms in total. The number of halogens is 3. The monoisotopic (exact) mass is 811 g/mol. The molecule has 2 heterocycles. The molecule has 2 amide bonds. The zero-order valence-corrected chi connectivity index (χ0v) is 33.3. The Morgan fingerprint density at radius 3 is 1.98 bits per heavy atom. The van der Waals surface area contributed by atoms with Gasteiger partial charge in [-0.3, -0.25) is 9.59 Å². The maximum atomic E-state index is 13.7. The molecule has 0 bridgehead atoms. The minimum Gasteiger partial charge on any atom is -0.475 e. The number of likely N-dealkylation sites (tertiary alicyclic amines) is 1. The smallest absolute Gasteiger partial charge is 0.475 e. The van der Waals surface area contributed by atoms with Gasteiger partial charge in [0.05, 0.1) is 12.7 Å². The second-order valence-electron chi connectivity index (χ2n) is 15.1. The fourth-order valence-electron chi connectivity index (χ4n) is 7.51. The van der Waals surface area contributed by atoms with Crippen LogP contribution in [-0.2, 0) is 27.4 Å². The third kappa shape index (κ3) is 14.0. The van der Waals surface area contributed by atoms with Crippen molar-refractivity contribution in [3.63, 3.8) is 0 Å². The molecule has 0 aliphatic carbocycles. The second-order valence-corrected chi connectivity index (χ2v) is 15.1. The van der Waals surface area contributed by atoms with Crippen LogP contribution in [0.3, 0.4) is 0 Å². The van der Waals surface area contributed by atoms with Crippen LogP contribution in [0.15, 0.2) is 109 Å². The number of carboxylic acids is 1. The van der Waals surface area contributed by atoms with E-state index in [9.17, 15) is 27.6 Å². The lowest BCUT2D eigenvalue weighted by Crippen LogP contribution is -2.38. The lowest BCUT2D eigenvalue weighted by Gasteiger charge is -2.32. The lowest BCUT2D eigenvalue weighted by molar-refractivity contribution is -0.192. The van der Waals surface area contributed by atoms with E-state index in [1.54, 1.807) is 23.1 Å². The number of alkyl halides is 3. The van der Waals surface area contributed by atoms with Crippen LogP contribution in [-0.4, -0.2) is 78.1 Å². The topological polar surface area (TPSA) is 116 Å². The average molecular weight is 812 g/mol. The molecule has 6 rings (SSSR count). The van der Waals surface area contributed by atoms with E-state index in [2.05, 4.69) is 17.4 Å². The molecule has 2 N–H and O–H groups in total. The van der Waals surface area contributed by atoms with Crippen molar-refractivity contribution in [1.82, 2.24) is 15.1 Å². The van der Waals surface area contributed by atoms with Crippen molar-refractivity contribution in [2.45, 2.75) is 64.2 Å². The Morgan fingerprint density at radius 2 is 1.36 bits per heavy atom. The van der Waals surface area contributed by atoms with Gasteiger partial charge in [0.25, 0.3) is 5.91 Å². The summed E-state index contributed by atoms with van der Waals surface area (Å²) in [6, 6.07) is 33.0. The highest BCUT2D eigenvalue weighted by molar-refractivity contribution is 5.95. The Kier molecular flexibility index (Phi) is 16.4. The molecule has 2 saturated heterocycles. The predicted octanol–water partition coefficient (Wildman–Crippen LogP) is 9.04. The van der Waals surface area contributed by atoms with Gasteiger partial charge in [-0.05, 0) is 115 Å². The summed E-state index contributed by atoms with van der Waals surface area (Å²) in [6.45, 7) is 4.73. The molecular formula is C47H52F3N3O6. The van der Waals surface area contributed by atoms with Gasteiger partial charge in [-0.15, -0.1) is 0 Å². The Bertz CT molecular complexity index is 2020. The number of rotatable bonds is 13. The second kappa shape index (κ2) is 21.9. The summed E-state index contributed by atoms with van der Waals surface area (Å²) in [5.74, 6) is -1.56. The molecule has 2 aliphatic rings. The third-order valence-corrected chi connectivity index (χ3v) is 10.8. The van der Waals surface area contributed by atoms with Crippen LogP contribution in [0, 0.1) is 11.8 Å². The SMILES string of the molecule is COC(=O)c1ccc(CN(Cc2cccc(-c3cccc(C(=O)N4CCC(CCCC5CCNCC5)CC4)c3)c2)C(=O)/C=C/c2ccccc2)cc1.O=C(O)C(F)(F)F. The maximum absolute atomic E-state index is 13.7. The van der Waals surface area contributed by atoms with Crippen molar-refractivity contribution >= 4 is 29.8 Å². The highest BCUT2D eigenvalue weighted by Gasteiger charge is 2.38. The first-order valence-corrected chi connectivity index (χ1v) is 20.1. The standard InChI is InChI=1S/C45H51N3O4.C2HF3O2/c1-52-45(51)39-19-16-37(17-20-39)32-48(43(49)21-18-34-8-3-2-4-9-34)33-38-12-6-13-40(30-38)41-14-7-15-42(31-41)44(50)47-28-24-36(25-29-47)11-5-10-35-22-26-46-27-23-35;3-2(4,5)1(6)7/h2-4,6-9,12-21,30-31,35-36,46H,5,10-11,22-29,32-33H2,1H3;(H,6,7)/b21-18+;. The quantitative estimate of drug-likeness (QED) is 0.102. The van der Waals surface area contributed by atoms with Crippen molar-refractivity contribution < 1.29 is 42.2 Å². The number of nitrogens with zero attached hydrogens (tertiary/aromatic N) is 2. The number of aliphatic carboxylic acids is 1. The number of amides is 2. The van der Waals surface area contributed by atoms with Gasteiger partial charge in [-0.1, -0.05) is 92.1 Å². The summed E-state index contributed by atoms with van der Waals surface area (Å²) in [4.78, 5) is 52.0. The number of piperidine rings is 2. The first kappa shape index (κ1) is 44.4. The summed E-state index contributed by atoms with van der Waals surface area (Å²) in [6.07, 6.45) is 7.10. The number of methoxy groups -OCH3 is 1. The van der Waals surface area contributed by atoms with Crippen LogP contribution < -0.4 is 5.32 Å². The van der Waals surface area contributed by atoms with Crippen LogP contribution in [0.5, 0.6) is 0 Å². The van der Waals surface area contributed by atoms with Crippen LogP contribution >= 0.6 is 0 Å². The zero-order valence-electron chi connectivity index (χ0n) is 33.3. The van der Waals surface area contributed by atoms with E-state index in [0.29, 0.717) is 24.2 Å². The van der Waals surface area contributed by atoms with Gasteiger partial charge >= 0.3 is 18.1 Å². The molecule has 59 heavy (non-hydrogen) atoms. The van der Waals surface area contributed by atoms with Crippen LogP contribution in [0.2, 0.25) is 0 Å². The summed E-state index contributed by atoms with van der Waals surface area (Å²) in [5, 5.41) is 10.6. The Labute approximate surface area is 343 Å². The zero-order chi connectivity index (χ0) is 42.2. The van der Waals surface area contributed by atoms with E-state index in [1.165, 1.54) is 52.3 Å². The minimum absolute atomic E-state index is 0.103. The van der Waals surface area contributed by atoms with E-state index in [-0.39, 0.29) is 11.8 Å². The molecule has 0 radical (unpaired) electrons. The molecule has 2 fully saturated rings. The predicted molar refractivity (Wildman–Crippen MR) is 221 cm³/mol. The first-order valence-electron chi connectivity index (χ1n) is 20.1. The minimum atomic E-state index is -5.08. The number of carbonyl (C=O) groups excluding carboxylic acids is 3. The summed E-state index contributed by atoms with van der Waals surface area (Å²) in [7, 11) is 1.36. The van der Waals surface area contributed by atoms with Gasteiger partial charge in [0.1, 0.15) is 0 Å². The van der Waals surface area contributed by atoms with Crippen molar-refractivity contribution in [2.24, 2.45) is 11.8 Å². The molecule has 0 spiro atoms. The number of nitrogens with one attached hydrogen (secondary N) is 1. The highest BCUT2D eigenvalue weighted by atomic mass is 19.4. The van der Waals surface area contributed by atoms with Crippen molar-refractivity contribution in [1.29, 1.82) is 0 Å². The number of carbonyl (C=O) groups is 4. The number of hydrogen-bond acceptors (Lipinski definition) is 6. The number of benzene rings is 4. The van der Waals surface area contributed by atoms with E-state index >= 15 is 0 Å². The van der Waals surface area contributed by atoms with Crippen LogP contribution in [0.25, 0.3) is 17.2 Å². The molecule has 0 aromatic heterocycles. The van der Waals surface area contributed by atoms with Gasteiger partial charge in [0.15, 0.2) is 0 Å². The van der Waals surface area contributed by atoms with Crippen LogP contribution in [0.4, 0.5) is 13.2 Å².